The highest BCUT2D eigenvalue weighted by Gasteiger charge is 2.46. The molecule has 1 fully saturated rings. The maximum absolute atomic E-state index is 5.38. The minimum atomic E-state index is 0.379. The van der Waals surface area contributed by atoms with Crippen LogP contribution in [0.15, 0.2) is 4.99 Å². The minimum Gasteiger partial charge on any atom is -0.385 e. The molecule has 0 spiro atoms. The molecule has 1 saturated carbocycles. The molecule has 0 aliphatic heterocycles. The lowest BCUT2D eigenvalue weighted by Crippen LogP contribution is -2.43. The molecular formula is C10H22N4O. The number of hydrogen-bond acceptors (Lipinski definition) is 3. The zero-order valence-electron chi connectivity index (χ0n) is 9.84. The highest BCUT2D eigenvalue weighted by atomic mass is 16.5. The normalized spacial score (nSPS) is 23.7. The number of methoxy groups -OCH3 is 1. The van der Waals surface area contributed by atoms with E-state index in [1.807, 2.05) is 0 Å². The van der Waals surface area contributed by atoms with E-state index >= 15 is 0 Å². The number of nitrogens with zero attached hydrogens (tertiary/aromatic N) is 1. The van der Waals surface area contributed by atoms with Gasteiger partial charge in [0.25, 0.3) is 0 Å². The summed E-state index contributed by atoms with van der Waals surface area (Å²) in [7, 11) is 1.69. The van der Waals surface area contributed by atoms with Gasteiger partial charge in [-0.05, 0) is 18.3 Å². The SMILES string of the molecule is COCCCN=C(NN)NC1CC1(C)C. The number of nitrogens with two attached hydrogens (primary N) is 1. The highest BCUT2D eigenvalue weighted by Crippen LogP contribution is 2.44. The number of hydrazine groups is 1. The van der Waals surface area contributed by atoms with Crippen LogP contribution in [0.25, 0.3) is 0 Å². The maximum atomic E-state index is 5.38. The number of hydrogen-bond donors (Lipinski definition) is 3. The predicted molar refractivity (Wildman–Crippen MR) is 61.4 cm³/mol. The molecular weight excluding hydrogens is 192 g/mol. The average Bonchev–Trinajstić information content (AvgIpc) is 2.79. The van der Waals surface area contributed by atoms with Gasteiger partial charge < -0.3 is 10.1 Å². The van der Waals surface area contributed by atoms with Crippen LogP contribution in [0.1, 0.15) is 26.7 Å². The van der Waals surface area contributed by atoms with Gasteiger partial charge in [0.05, 0.1) is 0 Å². The summed E-state index contributed by atoms with van der Waals surface area (Å²) in [6, 6.07) is 0.495. The summed E-state index contributed by atoms with van der Waals surface area (Å²) in [5.41, 5.74) is 2.97. The number of guanidine groups is 1. The average molecular weight is 214 g/mol. The third-order valence-corrected chi connectivity index (χ3v) is 2.74. The van der Waals surface area contributed by atoms with Crippen LogP contribution < -0.4 is 16.6 Å². The molecule has 4 N–H and O–H groups in total. The van der Waals surface area contributed by atoms with E-state index < -0.39 is 0 Å². The van der Waals surface area contributed by atoms with Gasteiger partial charge in [-0.3, -0.25) is 10.4 Å². The minimum absolute atomic E-state index is 0.379. The molecule has 1 rings (SSSR count). The fraction of sp³-hybridized carbons (Fsp3) is 0.900. The van der Waals surface area contributed by atoms with Crippen molar-refractivity contribution in [3.05, 3.63) is 0 Å². The summed E-state index contributed by atoms with van der Waals surface area (Å²) in [5.74, 6) is 6.06. The molecule has 0 aromatic rings. The van der Waals surface area contributed by atoms with E-state index in [9.17, 15) is 0 Å². The van der Waals surface area contributed by atoms with E-state index in [0.29, 0.717) is 17.4 Å². The van der Waals surface area contributed by atoms with Crippen LogP contribution in [0.2, 0.25) is 0 Å². The first-order chi connectivity index (χ1) is 7.10. The summed E-state index contributed by atoms with van der Waals surface area (Å²) >= 11 is 0. The molecule has 0 amide bonds. The zero-order valence-corrected chi connectivity index (χ0v) is 9.84. The van der Waals surface area contributed by atoms with Crippen molar-refractivity contribution in [1.82, 2.24) is 10.7 Å². The topological polar surface area (TPSA) is 71.7 Å². The summed E-state index contributed by atoms with van der Waals surface area (Å²) in [4.78, 5) is 4.31. The standard InChI is InChI=1S/C10H22N4O/c1-10(2)7-8(10)13-9(14-11)12-5-4-6-15-3/h8H,4-7,11H2,1-3H3,(H2,12,13,14). The fourth-order valence-corrected chi connectivity index (χ4v) is 1.41. The molecule has 5 nitrogen and oxygen atoms in total. The van der Waals surface area contributed by atoms with Crippen molar-refractivity contribution in [3.63, 3.8) is 0 Å². The molecule has 0 heterocycles. The van der Waals surface area contributed by atoms with E-state index in [1.54, 1.807) is 7.11 Å². The molecule has 0 radical (unpaired) electrons. The molecule has 88 valence electrons. The quantitative estimate of drug-likeness (QED) is 0.201. The van der Waals surface area contributed by atoms with Gasteiger partial charge in [0.1, 0.15) is 0 Å². The van der Waals surface area contributed by atoms with Gasteiger partial charge in [-0.2, -0.15) is 0 Å². The van der Waals surface area contributed by atoms with Gasteiger partial charge >= 0.3 is 0 Å². The van der Waals surface area contributed by atoms with Crippen LogP contribution in [0.5, 0.6) is 0 Å². The number of rotatable bonds is 5. The van der Waals surface area contributed by atoms with Crippen molar-refractivity contribution >= 4 is 5.96 Å². The fourth-order valence-electron chi connectivity index (χ4n) is 1.41. The van der Waals surface area contributed by atoms with E-state index in [-0.39, 0.29) is 0 Å². The predicted octanol–water partition coefficient (Wildman–Crippen LogP) is 0.230. The summed E-state index contributed by atoms with van der Waals surface area (Å²) in [6.07, 6.45) is 2.09. The van der Waals surface area contributed by atoms with Gasteiger partial charge in [0, 0.05) is 26.3 Å². The first kappa shape index (κ1) is 12.3. The van der Waals surface area contributed by atoms with Crippen LogP contribution in [0, 0.1) is 5.41 Å². The number of nitrogens with one attached hydrogen (secondary N) is 2. The van der Waals surface area contributed by atoms with E-state index in [2.05, 4.69) is 29.6 Å². The highest BCUT2D eigenvalue weighted by molar-refractivity contribution is 5.79. The van der Waals surface area contributed by atoms with Gasteiger partial charge in [0.15, 0.2) is 0 Å². The maximum Gasteiger partial charge on any atom is 0.205 e. The van der Waals surface area contributed by atoms with Crippen LogP contribution >= 0.6 is 0 Å². The second-order valence-corrected chi connectivity index (χ2v) is 4.61. The van der Waals surface area contributed by atoms with Crippen molar-refractivity contribution < 1.29 is 4.74 Å². The van der Waals surface area contributed by atoms with Gasteiger partial charge in [-0.15, -0.1) is 0 Å². The van der Waals surface area contributed by atoms with Gasteiger partial charge in [0.2, 0.25) is 5.96 Å². The Bertz CT molecular complexity index is 227. The Morgan fingerprint density at radius 2 is 2.27 bits per heavy atom. The van der Waals surface area contributed by atoms with E-state index in [4.69, 9.17) is 10.6 Å². The van der Waals surface area contributed by atoms with Crippen LogP contribution in [0.3, 0.4) is 0 Å². The zero-order chi connectivity index (χ0) is 11.3. The molecule has 0 aromatic heterocycles. The largest absolute Gasteiger partial charge is 0.385 e. The van der Waals surface area contributed by atoms with Crippen molar-refractivity contribution in [2.45, 2.75) is 32.7 Å². The van der Waals surface area contributed by atoms with Crippen LogP contribution in [-0.2, 0) is 4.74 Å². The third-order valence-electron chi connectivity index (χ3n) is 2.74. The second-order valence-electron chi connectivity index (χ2n) is 4.61. The Kier molecular flexibility index (Phi) is 4.35. The van der Waals surface area contributed by atoms with Crippen molar-refractivity contribution in [3.8, 4) is 0 Å². The molecule has 0 aromatic carbocycles. The Labute approximate surface area is 91.4 Å². The Morgan fingerprint density at radius 1 is 1.60 bits per heavy atom. The second kappa shape index (κ2) is 5.32. The molecule has 1 atom stereocenters. The summed E-state index contributed by atoms with van der Waals surface area (Å²) in [5, 5.41) is 3.28. The van der Waals surface area contributed by atoms with E-state index in [1.165, 1.54) is 6.42 Å². The molecule has 0 bridgehead atoms. The van der Waals surface area contributed by atoms with Crippen LogP contribution in [0.4, 0.5) is 0 Å². The lowest BCUT2D eigenvalue weighted by Gasteiger charge is -2.10. The molecule has 1 unspecified atom stereocenters. The molecule has 0 saturated heterocycles. The molecule has 15 heavy (non-hydrogen) atoms. The van der Waals surface area contributed by atoms with Crippen molar-refractivity contribution in [2.75, 3.05) is 20.3 Å². The van der Waals surface area contributed by atoms with Gasteiger partial charge in [-0.1, -0.05) is 13.8 Å². The lowest BCUT2D eigenvalue weighted by atomic mass is 10.2. The summed E-state index contributed by atoms with van der Waals surface area (Å²) < 4.78 is 4.94. The Balaban J connectivity index is 2.23. The first-order valence-electron chi connectivity index (χ1n) is 5.36. The molecule has 5 heteroatoms. The van der Waals surface area contributed by atoms with Crippen molar-refractivity contribution in [1.29, 1.82) is 0 Å². The monoisotopic (exact) mass is 214 g/mol. The van der Waals surface area contributed by atoms with Gasteiger partial charge in [-0.25, -0.2) is 5.84 Å². The van der Waals surface area contributed by atoms with Crippen LogP contribution in [-0.4, -0.2) is 32.3 Å². The van der Waals surface area contributed by atoms with Crippen molar-refractivity contribution in [2.24, 2.45) is 16.3 Å². The molecule has 1 aliphatic carbocycles. The first-order valence-corrected chi connectivity index (χ1v) is 5.36. The Hall–Kier alpha value is -0.810. The van der Waals surface area contributed by atoms with E-state index in [0.717, 1.165) is 19.6 Å². The number of ether oxygens (including phenoxy) is 1. The Morgan fingerprint density at radius 3 is 2.73 bits per heavy atom. The summed E-state index contributed by atoms with van der Waals surface area (Å²) in [6.45, 7) is 5.91. The third kappa shape index (κ3) is 4.05. The lowest BCUT2D eigenvalue weighted by molar-refractivity contribution is 0.197. The molecule has 1 aliphatic rings. The number of aliphatic imine (C=N–C) groups is 1. The smallest absolute Gasteiger partial charge is 0.205 e.